The van der Waals surface area contributed by atoms with Gasteiger partial charge in [0.15, 0.2) is 6.29 Å². The average Bonchev–Trinajstić information content (AvgIpc) is 2.60. The van der Waals surface area contributed by atoms with Crippen LogP contribution in [0.1, 0.15) is 20.8 Å². The van der Waals surface area contributed by atoms with E-state index in [0.29, 0.717) is 16.5 Å². The number of carboxylic acids is 1. The molecule has 4 nitrogen and oxygen atoms in total. The third-order valence-corrected chi connectivity index (χ3v) is 2.72. The topological polar surface area (TPSA) is 70.2 Å². The minimum Gasteiger partial charge on any atom is -0.477 e. The first-order valence-corrected chi connectivity index (χ1v) is 4.39. The summed E-state index contributed by atoms with van der Waals surface area (Å²) < 4.78 is 0.701. The molecule has 0 saturated carbocycles. The van der Waals surface area contributed by atoms with E-state index < -0.39 is 5.97 Å². The summed E-state index contributed by atoms with van der Waals surface area (Å²) in [6.07, 6.45) is 0.568. The number of thiophene rings is 1. The number of aromatic nitrogens is 1. The average molecular weight is 195 g/mol. The van der Waals surface area contributed by atoms with Gasteiger partial charge in [0.1, 0.15) is 5.69 Å². The van der Waals surface area contributed by atoms with E-state index in [1.807, 2.05) is 0 Å². The van der Waals surface area contributed by atoms with Gasteiger partial charge in [-0.1, -0.05) is 0 Å². The molecule has 0 fully saturated rings. The fourth-order valence-corrected chi connectivity index (χ4v) is 2.08. The predicted octanol–water partition coefficient (Wildman–Crippen LogP) is 1.74. The summed E-state index contributed by atoms with van der Waals surface area (Å²) in [6, 6.07) is 1.75. The van der Waals surface area contributed by atoms with Crippen LogP contribution in [-0.4, -0.2) is 22.3 Å². The Morgan fingerprint density at radius 3 is 3.00 bits per heavy atom. The molecule has 0 spiro atoms. The first kappa shape index (κ1) is 8.00. The molecular weight excluding hydrogens is 190 g/mol. The van der Waals surface area contributed by atoms with E-state index in [0.717, 1.165) is 0 Å². The van der Waals surface area contributed by atoms with Crippen LogP contribution in [0.2, 0.25) is 0 Å². The second-order valence-corrected chi connectivity index (χ2v) is 3.42. The van der Waals surface area contributed by atoms with Crippen LogP contribution >= 0.6 is 11.3 Å². The van der Waals surface area contributed by atoms with Gasteiger partial charge in [-0.2, -0.15) is 0 Å². The van der Waals surface area contributed by atoms with Gasteiger partial charge >= 0.3 is 5.97 Å². The van der Waals surface area contributed by atoms with E-state index in [2.05, 4.69) is 4.98 Å². The molecule has 2 N–H and O–H groups in total. The zero-order valence-electron chi connectivity index (χ0n) is 6.40. The van der Waals surface area contributed by atoms with E-state index in [9.17, 15) is 9.59 Å². The van der Waals surface area contributed by atoms with Crippen molar-refractivity contribution in [2.24, 2.45) is 0 Å². The Labute approximate surface area is 76.8 Å². The van der Waals surface area contributed by atoms with E-state index >= 15 is 0 Å². The lowest BCUT2D eigenvalue weighted by atomic mass is 10.2. The molecular formula is C8H5NO3S. The van der Waals surface area contributed by atoms with Crippen LogP contribution in [-0.2, 0) is 0 Å². The third kappa shape index (κ3) is 1.05. The highest BCUT2D eigenvalue weighted by Crippen LogP contribution is 2.26. The number of rotatable bonds is 2. The molecule has 66 valence electrons. The number of nitrogens with one attached hydrogen (secondary N) is 1. The van der Waals surface area contributed by atoms with Crippen LogP contribution in [0.5, 0.6) is 0 Å². The van der Waals surface area contributed by atoms with Crippen molar-refractivity contribution >= 4 is 33.8 Å². The van der Waals surface area contributed by atoms with Crippen LogP contribution in [0, 0.1) is 0 Å². The fourth-order valence-electron chi connectivity index (χ4n) is 1.21. The van der Waals surface area contributed by atoms with E-state index in [1.165, 1.54) is 11.3 Å². The standard InChI is InChI=1S/C8H5NO3S/c10-3-4-6(8(11)12)9-5-1-2-13-7(4)5/h1-3,9H,(H,11,12). The highest BCUT2D eigenvalue weighted by molar-refractivity contribution is 7.17. The maximum Gasteiger partial charge on any atom is 0.353 e. The molecule has 5 heteroatoms. The van der Waals surface area contributed by atoms with Crippen molar-refractivity contribution in [2.75, 3.05) is 0 Å². The molecule has 0 amide bonds. The van der Waals surface area contributed by atoms with Crippen molar-refractivity contribution in [3.05, 3.63) is 22.7 Å². The zero-order chi connectivity index (χ0) is 9.42. The first-order valence-electron chi connectivity index (χ1n) is 3.51. The van der Waals surface area contributed by atoms with Crippen molar-refractivity contribution < 1.29 is 14.7 Å². The van der Waals surface area contributed by atoms with Crippen LogP contribution in [0.4, 0.5) is 0 Å². The van der Waals surface area contributed by atoms with Gasteiger partial charge in [-0.05, 0) is 11.4 Å². The molecule has 13 heavy (non-hydrogen) atoms. The maximum absolute atomic E-state index is 10.7. The number of carboxylic acid groups (broad SMARTS) is 1. The quantitative estimate of drug-likeness (QED) is 0.717. The normalized spacial score (nSPS) is 10.5. The number of aromatic carboxylic acids is 1. The van der Waals surface area contributed by atoms with Gasteiger partial charge in [0.2, 0.25) is 0 Å². The molecule has 0 radical (unpaired) electrons. The van der Waals surface area contributed by atoms with Crippen LogP contribution in [0.25, 0.3) is 10.2 Å². The lowest BCUT2D eigenvalue weighted by Gasteiger charge is -1.88. The summed E-state index contributed by atoms with van der Waals surface area (Å²) >= 11 is 1.35. The molecule has 2 heterocycles. The number of fused-ring (bicyclic) bond motifs is 1. The zero-order valence-corrected chi connectivity index (χ0v) is 7.22. The largest absolute Gasteiger partial charge is 0.477 e. The molecule has 0 saturated heterocycles. The molecule has 0 aliphatic heterocycles. The minimum atomic E-state index is -1.11. The van der Waals surface area contributed by atoms with Crippen LogP contribution in [0.15, 0.2) is 11.4 Å². The molecule has 0 unspecified atom stereocenters. The Balaban J connectivity index is 2.82. The second kappa shape index (κ2) is 2.70. The summed E-state index contributed by atoms with van der Waals surface area (Å²) in [4.78, 5) is 24.0. The van der Waals surface area contributed by atoms with Crippen molar-refractivity contribution in [1.82, 2.24) is 4.98 Å². The van der Waals surface area contributed by atoms with E-state index in [-0.39, 0.29) is 11.3 Å². The van der Waals surface area contributed by atoms with Gasteiger partial charge in [-0.3, -0.25) is 4.79 Å². The molecule has 2 aromatic heterocycles. The van der Waals surface area contributed by atoms with E-state index in [4.69, 9.17) is 5.11 Å². The van der Waals surface area contributed by atoms with Crippen molar-refractivity contribution in [2.45, 2.75) is 0 Å². The Morgan fingerprint density at radius 1 is 1.62 bits per heavy atom. The molecule has 0 aromatic carbocycles. The van der Waals surface area contributed by atoms with Crippen molar-refractivity contribution in [3.63, 3.8) is 0 Å². The Hall–Kier alpha value is -1.62. The Kier molecular flexibility index (Phi) is 1.66. The van der Waals surface area contributed by atoms with Gasteiger partial charge in [0.05, 0.1) is 15.8 Å². The number of carbonyl (C=O) groups excluding carboxylic acids is 1. The smallest absolute Gasteiger partial charge is 0.353 e. The Morgan fingerprint density at radius 2 is 2.38 bits per heavy atom. The summed E-state index contributed by atoms with van der Waals surface area (Å²) in [5.41, 5.74) is 0.902. The summed E-state index contributed by atoms with van der Waals surface area (Å²) in [5.74, 6) is -1.11. The number of carbonyl (C=O) groups is 2. The molecule has 0 aliphatic rings. The second-order valence-electron chi connectivity index (χ2n) is 2.50. The van der Waals surface area contributed by atoms with Crippen molar-refractivity contribution in [3.8, 4) is 0 Å². The third-order valence-electron chi connectivity index (χ3n) is 1.77. The molecule has 2 rings (SSSR count). The number of aromatic amines is 1. The number of hydrogen-bond acceptors (Lipinski definition) is 3. The highest BCUT2D eigenvalue weighted by atomic mass is 32.1. The number of aldehydes is 1. The summed E-state index contributed by atoms with van der Waals surface area (Å²) in [7, 11) is 0. The molecule has 0 aliphatic carbocycles. The lowest BCUT2D eigenvalue weighted by molar-refractivity contribution is 0.0688. The maximum atomic E-state index is 10.7. The number of hydrogen-bond donors (Lipinski definition) is 2. The van der Waals surface area contributed by atoms with E-state index in [1.54, 1.807) is 11.4 Å². The van der Waals surface area contributed by atoms with Gasteiger partial charge in [-0.25, -0.2) is 4.79 Å². The predicted molar refractivity (Wildman–Crippen MR) is 48.5 cm³/mol. The number of H-pyrrole nitrogens is 1. The lowest BCUT2D eigenvalue weighted by Crippen LogP contribution is -2.00. The van der Waals surface area contributed by atoms with Crippen LogP contribution in [0.3, 0.4) is 0 Å². The Bertz CT molecular complexity index is 483. The van der Waals surface area contributed by atoms with Gasteiger partial charge in [0, 0.05) is 0 Å². The fraction of sp³-hybridized carbons (Fsp3) is 0. The first-order chi connectivity index (χ1) is 6.24. The molecule has 0 bridgehead atoms. The van der Waals surface area contributed by atoms with Gasteiger partial charge in [-0.15, -0.1) is 11.3 Å². The highest BCUT2D eigenvalue weighted by Gasteiger charge is 2.16. The molecule has 0 atom stereocenters. The minimum absolute atomic E-state index is 0.0307. The summed E-state index contributed by atoms with van der Waals surface area (Å²) in [6.45, 7) is 0. The van der Waals surface area contributed by atoms with Crippen molar-refractivity contribution in [1.29, 1.82) is 0 Å². The van der Waals surface area contributed by atoms with Gasteiger partial charge < -0.3 is 10.1 Å². The molecule has 2 aromatic rings. The van der Waals surface area contributed by atoms with Gasteiger partial charge in [0.25, 0.3) is 0 Å². The SMILES string of the molecule is O=Cc1c(C(=O)O)[nH]c2ccsc12. The summed E-state index contributed by atoms with van der Waals surface area (Å²) in [5, 5.41) is 10.5. The van der Waals surface area contributed by atoms with Crippen LogP contribution < -0.4 is 0 Å². The monoisotopic (exact) mass is 195 g/mol.